The van der Waals surface area contributed by atoms with E-state index in [-0.39, 0.29) is 5.41 Å². The molecule has 0 aliphatic heterocycles. The second-order valence-corrected chi connectivity index (χ2v) is 17.0. The Hall–Kier alpha value is -7.82. The fraction of sp³-hybridized carbons (Fsp3) is 0.0526. The average molecular weight is 779 g/mol. The zero-order valence-corrected chi connectivity index (χ0v) is 33.8. The predicted octanol–water partition coefficient (Wildman–Crippen LogP) is 14.6. The summed E-state index contributed by atoms with van der Waals surface area (Å²) in [4.78, 5) is 11.7. The summed E-state index contributed by atoms with van der Waals surface area (Å²) in [6, 6.07) is 70.4. The molecule has 4 nitrogen and oxygen atoms in total. The quantitative estimate of drug-likeness (QED) is 0.178. The molecule has 0 atom stereocenters. The van der Waals surface area contributed by atoms with Gasteiger partial charge in [0.05, 0.1) is 33.5 Å². The highest BCUT2D eigenvalue weighted by atomic mass is 15.1. The topological polar surface area (TPSA) is 35.6 Å². The molecule has 3 heterocycles. The highest BCUT2D eigenvalue weighted by Crippen LogP contribution is 2.50. The first-order valence-electron chi connectivity index (χ1n) is 21.1. The molecule has 3 aromatic heterocycles. The van der Waals surface area contributed by atoms with Gasteiger partial charge in [-0.1, -0.05) is 153 Å². The summed E-state index contributed by atoms with van der Waals surface area (Å²) >= 11 is 0. The summed E-state index contributed by atoms with van der Waals surface area (Å²) < 4.78 is 4.77. The average Bonchev–Trinajstić information content (AvgIpc) is 3.90. The molecule has 0 bridgehead atoms. The Morgan fingerprint density at radius 2 is 1.05 bits per heavy atom. The molecule has 0 unspecified atom stereocenters. The van der Waals surface area contributed by atoms with Crippen LogP contribution in [0.3, 0.4) is 0 Å². The minimum atomic E-state index is -0.384. The summed E-state index contributed by atoms with van der Waals surface area (Å²) in [5, 5.41) is 9.66. The Labute approximate surface area is 352 Å². The van der Waals surface area contributed by atoms with Gasteiger partial charge in [-0.05, 0) is 92.8 Å². The number of benzene rings is 9. The standard InChI is InChI=1S/C57H38N4/c1-57(2)47-28-25-39(35-15-5-3-6-16-35)31-45(47)54-55(57)59-56(53(58-54)40-27-29-49-44(33-40)43-23-13-14-24-48(43)60(49)41-20-7-4-8-21-41)61-50-30-26-36-17-11-12-22-42(36)52(50)46-32-37-18-9-10-19-38(37)34-51(46)61/h3-34H,1-2H3. The number of nitrogens with zero attached hydrogens (tertiary/aromatic N) is 4. The van der Waals surface area contributed by atoms with Crippen LogP contribution in [0.5, 0.6) is 0 Å². The van der Waals surface area contributed by atoms with Crippen LogP contribution in [0, 0.1) is 0 Å². The molecule has 9 aromatic carbocycles. The van der Waals surface area contributed by atoms with E-state index in [1.165, 1.54) is 65.3 Å². The molecule has 0 fully saturated rings. The summed E-state index contributed by atoms with van der Waals surface area (Å²) in [5.41, 5.74) is 13.9. The van der Waals surface area contributed by atoms with Crippen LogP contribution in [-0.2, 0) is 5.41 Å². The first kappa shape index (κ1) is 34.1. The summed E-state index contributed by atoms with van der Waals surface area (Å²) in [6.07, 6.45) is 0. The third-order valence-electron chi connectivity index (χ3n) is 13.2. The molecule has 0 radical (unpaired) electrons. The van der Waals surface area contributed by atoms with Crippen LogP contribution in [0.4, 0.5) is 0 Å². The van der Waals surface area contributed by atoms with Gasteiger partial charge in [-0.3, -0.25) is 4.57 Å². The summed E-state index contributed by atoms with van der Waals surface area (Å²) in [5.74, 6) is 0.833. The van der Waals surface area contributed by atoms with E-state index in [4.69, 9.17) is 9.97 Å². The number of para-hydroxylation sites is 2. The van der Waals surface area contributed by atoms with E-state index in [1.54, 1.807) is 0 Å². The SMILES string of the molecule is CC1(C)c2ccc(-c3ccccc3)cc2-c2nc(-c3ccc4c(c3)c3ccccc3n4-c3ccccc3)c(-n3c4cc5ccccc5cc4c4c5ccccc5ccc43)nc21. The van der Waals surface area contributed by atoms with Gasteiger partial charge in [-0.25, -0.2) is 9.97 Å². The van der Waals surface area contributed by atoms with Crippen LogP contribution in [0.15, 0.2) is 194 Å². The molecule has 0 spiro atoms. The van der Waals surface area contributed by atoms with Crippen molar-refractivity contribution in [3.05, 3.63) is 205 Å². The van der Waals surface area contributed by atoms with Crippen molar-refractivity contribution in [1.29, 1.82) is 0 Å². The van der Waals surface area contributed by atoms with Crippen molar-refractivity contribution in [2.45, 2.75) is 19.3 Å². The molecule has 13 rings (SSSR count). The molecule has 61 heavy (non-hydrogen) atoms. The monoisotopic (exact) mass is 778 g/mol. The smallest absolute Gasteiger partial charge is 0.164 e. The van der Waals surface area contributed by atoms with Gasteiger partial charge in [0.25, 0.3) is 0 Å². The van der Waals surface area contributed by atoms with Gasteiger partial charge in [0.15, 0.2) is 5.82 Å². The Balaban J connectivity index is 1.16. The van der Waals surface area contributed by atoms with Crippen LogP contribution in [0.1, 0.15) is 25.1 Å². The number of fused-ring (bicyclic) bond motifs is 12. The fourth-order valence-corrected chi connectivity index (χ4v) is 10.3. The van der Waals surface area contributed by atoms with Crippen molar-refractivity contribution in [2.75, 3.05) is 0 Å². The second-order valence-electron chi connectivity index (χ2n) is 17.0. The Morgan fingerprint density at radius 3 is 1.87 bits per heavy atom. The zero-order chi connectivity index (χ0) is 40.4. The Kier molecular flexibility index (Phi) is 7.04. The van der Waals surface area contributed by atoms with Crippen molar-refractivity contribution in [3.8, 4) is 45.1 Å². The Bertz CT molecular complexity index is 3780. The zero-order valence-electron chi connectivity index (χ0n) is 33.8. The van der Waals surface area contributed by atoms with Crippen molar-refractivity contribution in [3.63, 3.8) is 0 Å². The third kappa shape index (κ3) is 4.87. The van der Waals surface area contributed by atoms with E-state index in [9.17, 15) is 0 Å². The number of hydrogen-bond donors (Lipinski definition) is 0. The van der Waals surface area contributed by atoms with Gasteiger partial charge in [0.2, 0.25) is 0 Å². The van der Waals surface area contributed by atoms with Crippen LogP contribution in [0.2, 0.25) is 0 Å². The fourth-order valence-electron chi connectivity index (χ4n) is 10.3. The minimum absolute atomic E-state index is 0.384. The van der Waals surface area contributed by atoms with Crippen LogP contribution >= 0.6 is 0 Å². The lowest BCUT2D eigenvalue weighted by molar-refractivity contribution is 0.633. The lowest BCUT2D eigenvalue weighted by Gasteiger charge is -2.22. The molecule has 286 valence electrons. The number of aromatic nitrogens is 4. The predicted molar refractivity (Wildman–Crippen MR) is 254 cm³/mol. The maximum absolute atomic E-state index is 5.89. The normalized spacial score (nSPS) is 13.2. The largest absolute Gasteiger partial charge is 0.309 e. The molecule has 12 aromatic rings. The highest BCUT2D eigenvalue weighted by molar-refractivity contribution is 6.23. The first-order chi connectivity index (χ1) is 30.0. The van der Waals surface area contributed by atoms with Crippen molar-refractivity contribution < 1.29 is 0 Å². The number of rotatable bonds is 4. The summed E-state index contributed by atoms with van der Waals surface area (Å²) in [7, 11) is 0. The van der Waals surface area contributed by atoms with Crippen LogP contribution in [-0.4, -0.2) is 19.1 Å². The maximum atomic E-state index is 5.89. The number of hydrogen-bond acceptors (Lipinski definition) is 2. The molecule has 1 aliphatic rings. The van der Waals surface area contributed by atoms with Gasteiger partial charge in [-0.15, -0.1) is 0 Å². The van der Waals surface area contributed by atoms with E-state index in [0.29, 0.717) is 0 Å². The molecular weight excluding hydrogens is 741 g/mol. The van der Waals surface area contributed by atoms with Gasteiger partial charge in [0, 0.05) is 43.8 Å². The van der Waals surface area contributed by atoms with Gasteiger partial charge in [0.1, 0.15) is 5.69 Å². The molecule has 0 N–H and O–H groups in total. The molecule has 0 saturated heterocycles. The molecule has 4 heteroatoms. The van der Waals surface area contributed by atoms with Crippen molar-refractivity contribution >= 4 is 65.2 Å². The van der Waals surface area contributed by atoms with Crippen molar-refractivity contribution in [1.82, 2.24) is 19.1 Å². The molecule has 1 aliphatic carbocycles. The molecule has 0 saturated carbocycles. The molecular formula is C57H38N4. The maximum Gasteiger partial charge on any atom is 0.164 e. The third-order valence-corrected chi connectivity index (χ3v) is 13.2. The minimum Gasteiger partial charge on any atom is -0.309 e. The first-order valence-corrected chi connectivity index (χ1v) is 21.1. The second kappa shape index (κ2) is 12.6. The van der Waals surface area contributed by atoms with Crippen LogP contribution < -0.4 is 0 Å². The van der Waals surface area contributed by atoms with E-state index in [0.717, 1.165) is 56.3 Å². The molecule has 0 amide bonds. The van der Waals surface area contributed by atoms with E-state index < -0.39 is 0 Å². The highest BCUT2D eigenvalue weighted by Gasteiger charge is 2.40. The van der Waals surface area contributed by atoms with Gasteiger partial charge >= 0.3 is 0 Å². The van der Waals surface area contributed by atoms with Gasteiger partial charge < -0.3 is 4.57 Å². The van der Waals surface area contributed by atoms with E-state index in [1.807, 2.05) is 0 Å². The van der Waals surface area contributed by atoms with E-state index >= 15 is 0 Å². The summed E-state index contributed by atoms with van der Waals surface area (Å²) in [6.45, 7) is 4.60. The lowest BCUT2D eigenvalue weighted by Crippen LogP contribution is -2.18. The van der Waals surface area contributed by atoms with Crippen molar-refractivity contribution in [2.24, 2.45) is 0 Å². The Morgan fingerprint density at radius 1 is 0.393 bits per heavy atom. The van der Waals surface area contributed by atoms with Crippen LogP contribution in [0.25, 0.3) is 110 Å². The lowest BCUT2D eigenvalue weighted by atomic mass is 9.84. The van der Waals surface area contributed by atoms with E-state index in [2.05, 4.69) is 217 Å². The van der Waals surface area contributed by atoms with Gasteiger partial charge in [-0.2, -0.15) is 0 Å².